The summed E-state index contributed by atoms with van der Waals surface area (Å²) < 4.78 is 0.696. The van der Waals surface area contributed by atoms with Crippen molar-refractivity contribution in [3.8, 4) is 0 Å². The lowest BCUT2D eigenvalue weighted by atomic mass is 9.92. The molecule has 2 aliphatic heterocycles. The molecule has 2 fully saturated rings. The molecular formula is C22H20BrN3O4. The van der Waals surface area contributed by atoms with Crippen molar-refractivity contribution in [3.05, 3.63) is 64.1 Å². The first-order valence-corrected chi connectivity index (χ1v) is 10.4. The van der Waals surface area contributed by atoms with E-state index in [9.17, 15) is 19.2 Å². The lowest BCUT2D eigenvalue weighted by Crippen LogP contribution is -2.41. The van der Waals surface area contributed by atoms with Crippen LogP contribution in [0.1, 0.15) is 35.7 Å². The van der Waals surface area contributed by atoms with Crippen LogP contribution in [0.25, 0.3) is 0 Å². The Bertz CT molecular complexity index is 1050. The molecule has 1 N–H and O–H groups in total. The molecule has 0 bridgehead atoms. The standard InChI is InChI=1S/C22H20BrN3O4/c1-22(16-5-2-3-6-17(16)23)20(29)26(21(30)24-22)13-18(27)14-8-10-15(11-9-14)25-12-4-7-19(25)28/h2-3,5-6,8-11H,4,7,12-13H2,1H3,(H,24,30)/t22-/m1/s1. The fourth-order valence-corrected chi connectivity index (χ4v) is 4.55. The number of urea groups is 1. The molecule has 2 aromatic rings. The largest absolute Gasteiger partial charge is 0.325 e. The number of hydrogen-bond acceptors (Lipinski definition) is 4. The SMILES string of the molecule is C[C@]1(c2ccccc2Br)NC(=O)N(CC(=O)c2ccc(N3CCCC3=O)cc2)C1=O. The average Bonchev–Trinajstić information content (AvgIpc) is 3.25. The Morgan fingerprint density at radius 1 is 1.10 bits per heavy atom. The summed E-state index contributed by atoms with van der Waals surface area (Å²) in [4.78, 5) is 52.8. The van der Waals surface area contributed by atoms with Crippen LogP contribution in [-0.4, -0.2) is 41.6 Å². The molecule has 154 valence electrons. The van der Waals surface area contributed by atoms with Crippen molar-refractivity contribution < 1.29 is 19.2 Å². The van der Waals surface area contributed by atoms with Crippen molar-refractivity contribution in [2.45, 2.75) is 25.3 Å². The Labute approximate surface area is 182 Å². The summed E-state index contributed by atoms with van der Waals surface area (Å²) in [6.45, 7) is 1.94. The van der Waals surface area contributed by atoms with Gasteiger partial charge in [-0.3, -0.25) is 19.3 Å². The van der Waals surface area contributed by atoms with E-state index < -0.39 is 17.5 Å². The third kappa shape index (κ3) is 3.41. The van der Waals surface area contributed by atoms with Crippen molar-refractivity contribution in [1.82, 2.24) is 10.2 Å². The molecule has 30 heavy (non-hydrogen) atoms. The minimum absolute atomic E-state index is 0.0692. The highest BCUT2D eigenvalue weighted by Crippen LogP contribution is 2.33. The highest BCUT2D eigenvalue weighted by molar-refractivity contribution is 9.10. The fraction of sp³-hybridized carbons (Fsp3) is 0.273. The number of hydrogen-bond donors (Lipinski definition) is 1. The molecule has 2 saturated heterocycles. The minimum atomic E-state index is -1.25. The summed E-state index contributed by atoms with van der Waals surface area (Å²) in [6, 6.07) is 13.2. The zero-order chi connectivity index (χ0) is 21.5. The third-order valence-electron chi connectivity index (χ3n) is 5.56. The number of carbonyl (C=O) groups excluding carboxylic acids is 4. The monoisotopic (exact) mass is 469 g/mol. The van der Waals surface area contributed by atoms with Crippen molar-refractivity contribution in [2.75, 3.05) is 18.0 Å². The second-order valence-corrected chi connectivity index (χ2v) is 8.40. The van der Waals surface area contributed by atoms with Gasteiger partial charge in [0, 0.05) is 34.3 Å². The first kappa shape index (κ1) is 20.3. The zero-order valence-corrected chi connectivity index (χ0v) is 17.9. The number of anilines is 1. The van der Waals surface area contributed by atoms with Crippen LogP contribution < -0.4 is 10.2 Å². The minimum Gasteiger partial charge on any atom is -0.319 e. The van der Waals surface area contributed by atoms with Crippen molar-refractivity contribution >= 4 is 45.2 Å². The third-order valence-corrected chi connectivity index (χ3v) is 6.26. The lowest BCUT2D eigenvalue weighted by molar-refractivity contribution is -0.130. The second kappa shape index (κ2) is 7.68. The van der Waals surface area contributed by atoms with Gasteiger partial charge in [0.25, 0.3) is 5.91 Å². The quantitative estimate of drug-likeness (QED) is 0.537. The molecule has 4 amide bonds. The van der Waals surface area contributed by atoms with Crippen LogP contribution in [0.5, 0.6) is 0 Å². The Morgan fingerprint density at radius 2 is 1.80 bits per heavy atom. The molecular weight excluding hydrogens is 450 g/mol. The molecule has 2 aromatic carbocycles. The van der Waals surface area contributed by atoms with Crippen LogP contribution >= 0.6 is 15.9 Å². The maximum atomic E-state index is 13.0. The molecule has 8 heteroatoms. The molecule has 0 unspecified atom stereocenters. The number of carbonyl (C=O) groups is 4. The van der Waals surface area contributed by atoms with Crippen molar-refractivity contribution in [1.29, 1.82) is 0 Å². The van der Waals surface area contributed by atoms with E-state index in [0.717, 1.165) is 17.0 Å². The Morgan fingerprint density at radius 3 is 2.43 bits per heavy atom. The number of halogens is 1. The maximum Gasteiger partial charge on any atom is 0.325 e. The first-order valence-electron chi connectivity index (χ1n) is 9.64. The van der Waals surface area contributed by atoms with Gasteiger partial charge in [0.2, 0.25) is 5.91 Å². The van der Waals surface area contributed by atoms with Gasteiger partial charge in [-0.15, -0.1) is 0 Å². The molecule has 2 aliphatic rings. The predicted molar refractivity (Wildman–Crippen MR) is 114 cm³/mol. The van der Waals surface area contributed by atoms with Crippen LogP contribution in [-0.2, 0) is 15.1 Å². The normalized spacial score (nSPS) is 21.3. The van der Waals surface area contributed by atoms with Crippen molar-refractivity contribution in [2.24, 2.45) is 0 Å². The Hall–Kier alpha value is -3.00. The van der Waals surface area contributed by atoms with E-state index in [2.05, 4.69) is 21.2 Å². The Balaban J connectivity index is 1.51. The predicted octanol–water partition coefficient (Wildman–Crippen LogP) is 3.23. The van der Waals surface area contributed by atoms with E-state index >= 15 is 0 Å². The molecule has 2 heterocycles. The zero-order valence-electron chi connectivity index (χ0n) is 16.4. The number of benzene rings is 2. The molecule has 0 saturated carbocycles. The van der Waals surface area contributed by atoms with E-state index in [0.29, 0.717) is 28.6 Å². The second-order valence-electron chi connectivity index (χ2n) is 7.55. The first-order chi connectivity index (χ1) is 14.3. The van der Waals surface area contributed by atoms with Crippen LogP contribution in [0.2, 0.25) is 0 Å². The number of nitrogens with one attached hydrogen (secondary N) is 1. The van der Waals surface area contributed by atoms with Gasteiger partial charge in [-0.25, -0.2) is 4.79 Å². The van der Waals surface area contributed by atoms with Crippen LogP contribution in [0.15, 0.2) is 53.0 Å². The van der Waals surface area contributed by atoms with Gasteiger partial charge < -0.3 is 10.2 Å². The van der Waals surface area contributed by atoms with E-state index in [1.165, 1.54) is 0 Å². The summed E-state index contributed by atoms with van der Waals surface area (Å²) in [5.74, 6) is -0.763. The summed E-state index contributed by atoms with van der Waals surface area (Å²) in [5, 5.41) is 2.71. The van der Waals surface area contributed by atoms with Crippen LogP contribution in [0.4, 0.5) is 10.5 Å². The molecule has 0 aromatic heterocycles. The molecule has 1 atom stereocenters. The molecule has 7 nitrogen and oxygen atoms in total. The van der Waals surface area contributed by atoms with E-state index in [1.807, 2.05) is 6.07 Å². The molecule has 0 aliphatic carbocycles. The number of Topliss-reactive ketones (excluding diaryl/α,β-unsaturated/α-hetero) is 1. The van der Waals surface area contributed by atoms with Crippen LogP contribution in [0.3, 0.4) is 0 Å². The number of rotatable bonds is 5. The fourth-order valence-electron chi connectivity index (χ4n) is 3.87. The number of imide groups is 1. The summed E-state index contributed by atoms with van der Waals surface area (Å²) in [7, 11) is 0. The summed E-state index contributed by atoms with van der Waals surface area (Å²) in [6.07, 6.45) is 1.35. The van der Waals surface area contributed by atoms with Gasteiger partial charge in [0.1, 0.15) is 5.54 Å². The van der Waals surface area contributed by atoms with Gasteiger partial charge >= 0.3 is 6.03 Å². The maximum absolute atomic E-state index is 13.0. The van der Waals surface area contributed by atoms with E-state index in [1.54, 1.807) is 54.3 Å². The molecule has 0 radical (unpaired) electrons. The number of ketones is 1. The van der Waals surface area contributed by atoms with Gasteiger partial charge in [-0.2, -0.15) is 0 Å². The average molecular weight is 470 g/mol. The van der Waals surface area contributed by atoms with Gasteiger partial charge in [-0.05, 0) is 43.7 Å². The topological polar surface area (TPSA) is 86.8 Å². The van der Waals surface area contributed by atoms with Gasteiger partial charge in [0.15, 0.2) is 5.78 Å². The van der Waals surface area contributed by atoms with E-state index in [-0.39, 0.29) is 18.2 Å². The van der Waals surface area contributed by atoms with Gasteiger partial charge in [0.05, 0.1) is 6.54 Å². The highest BCUT2D eigenvalue weighted by Gasteiger charge is 2.50. The van der Waals surface area contributed by atoms with E-state index in [4.69, 9.17) is 0 Å². The Kier molecular flexibility index (Phi) is 5.19. The van der Waals surface area contributed by atoms with Crippen molar-refractivity contribution in [3.63, 3.8) is 0 Å². The number of amides is 4. The smallest absolute Gasteiger partial charge is 0.319 e. The number of nitrogens with zero attached hydrogens (tertiary/aromatic N) is 2. The summed E-state index contributed by atoms with van der Waals surface area (Å²) in [5.41, 5.74) is 0.487. The molecule has 4 rings (SSSR count). The lowest BCUT2D eigenvalue weighted by Gasteiger charge is -2.23. The molecule has 0 spiro atoms. The van der Waals surface area contributed by atoms with Gasteiger partial charge in [-0.1, -0.05) is 34.1 Å². The summed E-state index contributed by atoms with van der Waals surface area (Å²) >= 11 is 3.42. The van der Waals surface area contributed by atoms with Crippen LogP contribution in [0, 0.1) is 0 Å². The highest BCUT2D eigenvalue weighted by atomic mass is 79.9.